The number of nitrogens with zero attached hydrogens (tertiary/aromatic N) is 1. The van der Waals surface area contributed by atoms with Crippen molar-refractivity contribution in [2.24, 2.45) is 17.6 Å². The zero-order valence-electron chi connectivity index (χ0n) is 13.3. The predicted molar refractivity (Wildman–Crippen MR) is 81.3 cm³/mol. The van der Waals surface area contributed by atoms with Crippen LogP contribution in [0, 0.1) is 18.3 Å². The van der Waals surface area contributed by atoms with Gasteiger partial charge in [-0.1, -0.05) is 20.8 Å². The first-order valence-electron chi connectivity index (χ1n) is 7.62. The number of ether oxygens (including phenoxy) is 1. The van der Waals surface area contributed by atoms with Gasteiger partial charge in [0.1, 0.15) is 0 Å². The Morgan fingerprint density at radius 3 is 2.76 bits per heavy atom. The Morgan fingerprint density at radius 1 is 1.43 bits per heavy atom. The number of amides is 2. The van der Waals surface area contributed by atoms with Gasteiger partial charge in [-0.2, -0.15) is 0 Å². The minimum absolute atomic E-state index is 0.0309. The SMILES string of the molecule is CC(C)CN1CCO[C@@H](CNC(=O)[CH]CC(C)C(N)=O)C1. The molecule has 121 valence electrons. The molecule has 2 atom stereocenters. The van der Waals surface area contributed by atoms with E-state index in [9.17, 15) is 9.59 Å². The maximum Gasteiger partial charge on any atom is 0.224 e. The number of morpholine rings is 1. The molecule has 2 amide bonds. The minimum Gasteiger partial charge on any atom is -0.374 e. The predicted octanol–water partition coefficient (Wildman–Crippen LogP) is 0.175. The summed E-state index contributed by atoms with van der Waals surface area (Å²) >= 11 is 0. The molecule has 0 aromatic rings. The van der Waals surface area contributed by atoms with E-state index in [0.29, 0.717) is 25.5 Å². The van der Waals surface area contributed by atoms with Crippen molar-refractivity contribution in [3.05, 3.63) is 6.42 Å². The molecule has 1 radical (unpaired) electrons. The van der Waals surface area contributed by atoms with Crippen LogP contribution in [0.15, 0.2) is 0 Å². The van der Waals surface area contributed by atoms with Crippen molar-refractivity contribution < 1.29 is 14.3 Å². The molecule has 0 aromatic heterocycles. The lowest BCUT2D eigenvalue weighted by atomic mass is 10.1. The maximum atomic E-state index is 11.7. The molecule has 0 saturated carbocycles. The molecule has 0 bridgehead atoms. The van der Waals surface area contributed by atoms with E-state index in [2.05, 4.69) is 24.1 Å². The maximum absolute atomic E-state index is 11.7. The first-order chi connectivity index (χ1) is 9.88. The summed E-state index contributed by atoms with van der Waals surface area (Å²) in [4.78, 5) is 24.9. The summed E-state index contributed by atoms with van der Waals surface area (Å²) in [7, 11) is 0. The number of nitrogens with one attached hydrogen (secondary N) is 1. The second-order valence-electron chi connectivity index (χ2n) is 6.13. The van der Waals surface area contributed by atoms with Crippen LogP contribution in [0.5, 0.6) is 0 Å². The van der Waals surface area contributed by atoms with Crippen LogP contribution in [-0.2, 0) is 14.3 Å². The number of carbonyl (C=O) groups excluding carboxylic acids is 2. The van der Waals surface area contributed by atoms with E-state index >= 15 is 0 Å². The highest BCUT2D eigenvalue weighted by atomic mass is 16.5. The topological polar surface area (TPSA) is 84.7 Å². The van der Waals surface area contributed by atoms with Crippen molar-refractivity contribution in [1.82, 2.24) is 10.2 Å². The molecule has 1 heterocycles. The van der Waals surface area contributed by atoms with Crippen LogP contribution in [0.25, 0.3) is 0 Å². The summed E-state index contributed by atoms with van der Waals surface area (Å²) in [6.07, 6.45) is 1.87. The summed E-state index contributed by atoms with van der Waals surface area (Å²) in [5.74, 6) is -0.253. The van der Waals surface area contributed by atoms with Gasteiger partial charge in [0.05, 0.1) is 19.1 Å². The molecule has 6 nitrogen and oxygen atoms in total. The van der Waals surface area contributed by atoms with Gasteiger partial charge in [0.15, 0.2) is 0 Å². The number of nitrogens with two attached hydrogens (primary N) is 1. The van der Waals surface area contributed by atoms with Gasteiger partial charge in [0, 0.05) is 32.1 Å². The number of hydrogen-bond acceptors (Lipinski definition) is 4. The van der Waals surface area contributed by atoms with Crippen LogP contribution in [-0.4, -0.2) is 55.6 Å². The molecule has 0 spiro atoms. The van der Waals surface area contributed by atoms with Crippen LogP contribution in [0.2, 0.25) is 0 Å². The molecule has 6 heteroatoms. The molecule has 1 rings (SSSR count). The van der Waals surface area contributed by atoms with Crippen LogP contribution in [0.4, 0.5) is 0 Å². The van der Waals surface area contributed by atoms with Gasteiger partial charge in [0.25, 0.3) is 0 Å². The molecule has 1 unspecified atom stereocenters. The van der Waals surface area contributed by atoms with Crippen LogP contribution >= 0.6 is 0 Å². The fourth-order valence-corrected chi connectivity index (χ4v) is 2.27. The van der Waals surface area contributed by atoms with E-state index in [0.717, 1.165) is 19.6 Å². The third-order valence-electron chi connectivity index (χ3n) is 3.49. The highest BCUT2D eigenvalue weighted by Crippen LogP contribution is 2.08. The lowest BCUT2D eigenvalue weighted by Crippen LogP contribution is -2.48. The van der Waals surface area contributed by atoms with Gasteiger partial charge in [-0.3, -0.25) is 14.5 Å². The Labute approximate surface area is 127 Å². The third-order valence-corrected chi connectivity index (χ3v) is 3.49. The van der Waals surface area contributed by atoms with Gasteiger partial charge >= 0.3 is 0 Å². The van der Waals surface area contributed by atoms with E-state index in [1.165, 1.54) is 6.42 Å². The van der Waals surface area contributed by atoms with Gasteiger partial charge in [0.2, 0.25) is 11.8 Å². The highest BCUT2D eigenvalue weighted by Gasteiger charge is 2.21. The van der Waals surface area contributed by atoms with Crippen LogP contribution < -0.4 is 11.1 Å². The average molecular weight is 298 g/mol. The van der Waals surface area contributed by atoms with Gasteiger partial charge in [-0.05, 0) is 12.3 Å². The van der Waals surface area contributed by atoms with Crippen LogP contribution in [0.3, 0.4) is 0 Å². The zero-order chi connectivity index (χ0) is 15.8. The van der Waals surface area contributed by atoms with Crippen molar-refractivity contribution in [1.29, 1.82) is 0 Å². The summed E-state index contributed by atoms with van der Waals surface area (Å²) in [6.45, 7) is 10.1. The Bertz CT molecular complexity index is 347. The van der Waals surface area contributed by atoms with Crippen molar-refractivity contribution in [3.8, 4) is 0 Å². The smallest absolute Gasteiger partial charge is 0.224 e. The van der Waals surface area contributed by atoms with Crippen LogP contribution in [0.1, 0.15) is 27.2 Å². The van der Waals surface area contributed by atoms with E-state index in [-0.39, 0.29) is 23.8 Å². The molecule has 1 saturated heterocycles. The lowest BCUT2D eigenvalue weighted by Gasteiger charge is -2.33. The summed E-state index contributed by atoms with van der Waals surface area (Å²) in [5, 5.41) is 2.82. The van der Waals surface area contributed by atoms with E-state index < -0.39 is 0 Å². The third kappa shape index (κ3) is 7.43. The van der Waals surface area contributed by atoms with Gasteiger partial charge < -0.3 is 15.8 Å². The summed E-state index contributed by atoms with van der Waals surface area (Å²) in [6, 6.07) is 0. The lowest BCUT2D eigenvalue weighted by molar-refractivity contribution is -0.121. The number of rotatable bonds is 8. The molecule has 1 aliphatic rings. The second-order valence-corrected chi connectivity index (χ2v) is 6.13. The largest absolute Gasteiger partial charge is 0.374 e. The van der Waals surface area contributed by atoms with Crippen molar-refractivity contribution in [2.45, 2.75) is 33.3 Å². The van der Waals surface area contributed by atoms with Gasteiger partial charge in [-0.25, -0.2) is 0 Å². The summed E-state index contributed by atoms with van der Waals surface area (Å²) in [5.41, 5.74) is 5.15. The second kappa shape index (κ2) is 9.00. The zero-order valence-corrected chi connectivity index (χ0v) is 13.3. The molecular formula is C15H28N3O3. The molecule has 1 aliphatic heterocycles. The minimum atomic E-state index is -0.390. The standard InChI is InChI=1S/C15H28N3O3/c1-11(2)9-18-6-7-21-13(10-18)8-17-14(19)5-4-12(3)15(16)20/h5,11-13H,4,6-10H2,1-3H3,(H2,16,20)(H,17,19)/t12?,13-/m0/s1. The number of carbonyl (C=O) groups is 2. The van der Waals surface area contributed by atoms with E-state index in [1.54, 1.807) is 6.92 Å². The molecule has 0 aliphatic carbocycles. The fraction of sp³-hybridized carbons (Fsp3) is 0.800. The molecule has 0 aromatic carbocycles. The van der Waals surface area contributed by atoms with E-state index in [4.69, 9.17) is 10.5 Å². The van der Waals surface area contributed by atoms with Gasteiger partial charge in [-0.15, -0.1) is 0 Å². The Morgan fingerprint density at radius 2 is 2.14 bits per heavy atom. The Hall–Kier alpha value is -1.14. The van der Waals surface area contributed by atoms with Crippen molar-refractivity contribution >= 4 is 11.8 Å². The Kier molecular flexibility index (Phi) is 7.67. The normalized spacial score (nSPS) is 21.2. The fourth-order valence-electron chi connectivity index (χ4n) is 2.27. The molecular weight excluding hydrogens is 270 g/mol. The van der Waals surface area contributed by atoms with Crippen molar-refractivity contribution in [3.63, 3.8) is 0 Å². The monoisotopic (exact) mass is 298 g/mol. The first kappa shape index (κ1) is 17.9. The highest BCUT2D eigenvalue weighted by molar-refractivity contribution is 5.85. The quantitative estimate of drug-likeness (QED) is 0.669. The first-order valence-corrected chi connectivity index (χ1v) is 7.62. The van der Waals surface area contributed by atoms with E-state index in [1.807, 2.05) is 0 Å². The van der Waals surface area contributed by atoms with Crippen molar-refractivity contribution in [2.75, 3.05) is 32.8 Å². The summed E-state index contributed by atoms with van der Waals surface area (Å²) < 4.78 is 5.66. The molecule has 1 fully saturated rings. The molecule has 21 heavy (non-hydrogen) atoms. The Balaban J connectivity index is 2.21. The molecule has 3 N–H and O–H groups in total. The number of hydrogen-bond donors (Lipinski definition) is 2. The average Bonchev–Trinajstić information content (AvgIpc) is 2.42. The number of primary amides is 1.